The van der Waals surface area contributed by atoms with E-state index in [4.69, 9.17) is 0 Å². The van der Waals surface area contributed by atoms with Gasteiger partial charge in [-0.3, -0.25) is 0 Å². The molecule has 0 N–H and O–H groups in total. The third kappa shape index (κ3) is 4.27. The van der Waals surface area contributed by atoms with E-state index in [2.05, 4.69) is 195 Å². The predicted molar refractivity (Wildman–Crippen MR) is 214 cm³/mol. The summed E-state index contributed by atoms with van der Waals surface area (Å²) < 4.78 is 0. The standard InChI is InChI=1S/C49H35N/c1-49(2)46-19-8-7-16-43(46)44-28-26-36(31-47(44)49)50(35-24-21-34(22-25-35)38-17-9-13-32-11-3-5-14-37(32)38)48-20-10-18-40-42-27-23-33-12-4-6-15-39(33)41(42)29-30-45(40)48/h3-31H,1-2H3. The maximum absolute atomic E-state index is 2.46. The van der Waals surface area contributed by atoms with E-state index in [-0.39, 0.29) is 5.41 Å². The van der Waals surface area contributed by atoms with Gasteiger partial charge in [-0.25, -0.2) is 0 Å². The summed E-state index contributed by atoms with van der Waals surface area (Å²) in [5, 5.41) is 10.1. The first-order valence-corrected chi connectivity index (χ1v) is 17.5. The van der Waals surface area contributed by atoms with E-state index in [1.807, 2.05) is 0 Å². The van der Waals surface area contributed by atoms with Gasteiger partial charge in [-0.05, 0) is 101 Å². The fraction of sp³-hybridized carbons (Fsp3) is 0.0612. The van der Waals surface area contributed by atoms with Crippen LogP contribution >= 0.6 is 0 Å². The summed E-state index contributed by atoms with van der Waals surface area (Å²) in [5.41, 5.74) is 11.3. The highest BCUT2D eigenvalue weighted by Gasteiger charge is 2.35. The first-order chi connectivity index (χ1) is 24.6. The SMILES string of the molecule is CC1(C)c2ccccc2-c2ccc(N(c3ccc(-c4cccc5ccccc45)cc3)c3cccc4c3ccc3c5ccccc5ccc43)cc21. The number of hydrogen-bond acceptors (Lipinski definition) is 1. The fourth-order valence-corrected chi connectivity index (χ4v) is 8.56. The van der Waals surface area contributed by atoms with Crippen LogP contribution < -0.4 is 4.90 Å². The average molecular weight is 638 g/mol. The first-order valence-electron chi connectivity index (χ1n) is 17.5. The molecule has 0 unspecified atom stereocenters. The Morgan fingerprint density at radius 2 is 0.920 bits per heavy atom. The highest BCUT2D eigenvalue weighted by atomic mass is 15.1. The molecular weight excluding hydrogens is 603 g/mol. The molecule has 1 aliphatic rings. The maximum Gasteiger partial charge on any atom is 0.0540 e. The lowest BCUT2D eigenvalue weighted by Crippen LogP contribution is -2.16. The largest absolute Gasteiger partial charge is 0.310 e. The summed E-state index contributed by atoms with van der Waals surface area (Å²) in [6.07, 6.45) is 0. The van der Waals surface area contributed by atoms with Gasteiger partial charge in [0.15, 0.2) is 0 Å². The topological polar surface area (TPSA) is 3.24 Å². The van der Waals surface area contributed by atoms with E-state index in [1.165, 1.54) is 82.2 Å². The van der Waals surface area contributed by atoms with E-state index >= 15 is 0 Å². The van der Waals surface area contributed by atoms with Crippen LogP contribution in [0.2, 0.25) is 0 Å². The molecule has 10 rings (SSSR count). The molecule has 50 heavy (non-hydrogen) atoms. The minimum atomic E-state index is -0.0954. The van der Waals surface area contributed by atoms with Gasteiger partial charge in [0.2, 0.25) is 0 Å². The van der Waals surface area contributed by atoms with E-state index in [0.29, 0.717) is 0 Å². The zero-order chi connectivity index (χ0) is 33.4. The van der Waals surface area contributed by atoms with Gasteiger partial charge in [-0.2, -0.15) is 0 Å². The second kappa shape index (κ2) is 10.9. The van der Waals surface area contributed by atoms with E-state index in [9.17, 15) is 0 Å². The minimum absolute atomic E-state index is 0.0954. The van der Waals surface area contributed by atoms with Crippen LogP contribution in [0.1, 0.15) is 25.0 Å². The van der Waals surface area contributed by atoms with Crippen LogP contribution in [0.4, 0.5) is 17.1 Å². The van der Waals surface area contributed by atoms with Crippen LogP contribution in [0.25, 0.3) is 65.3 Å². The number of nitrogens with zero attached hydrogens (tertiary/aromatic N) is 1. The molecule has 0 atom stereocenters. The Balaban J connectivity index is 1.19. The fourth-order valence-electron chi connectivity index (χ4n) is 8.56. The van der Waals surface area contributed by atoms with Crippen molar-refractivity contribution in [3.05, 3.63) is 187 Å². The molecule has 0 saturated heterocycles. The van der Waals surface area contributed by atoms with Crippen LogP contribution in [0.3, 0.4) is 0 Å². The van der Waals surface area contributed by atoms with Crippen molar-refractivity contribution in [3.63, 3.8) is 0 Å². The molecule has 0 amide bonds. The predicted octanol–water partition coefficient (Wildman–Crippen LogP) is 13.7. The Labute approximate surface area is 292 Å². The lowest BCUT2D eigenvalue weighted by Gasteiger charge is -2.29. The molecule has 1 heteroatoms. The van der Waals surface area contributed by atoms with Crippen LogP contribution in [-0.2, 0) is 5.41 Å². The maximum atomic E-state index is 2.46. The van der Waals surface area contributed by atoms with Gasteiger partial charge < -0.3 is 4.90 Å². The molecule has 0 fully saturated rings. The first kappa shape index (κ1) is 28.8. The lowest BCUT2D eigenvalue weighted by atomic mass is 9.82. The normalized spacial score (nSPS) is 13.2. The van der Waals surface area contributed by atoms with Gasteiger partial charge in [-0.1, -0.05) is 159 Å². The van der Waals surface area contributed by atoms with Crippen molar-refractivity contribution in [1.82, 2.24) is 0 Å². The molecule has 9 aromatic carbocycles. The Hall–Kier alpha value is -6.18. The molecule has 0 bridgehead atoms. The molecule has 0 aliphatic heterocycles. The highest BCUT2D eigenvalue weighted by Crippen LogP contribution is 2.51. The van der Waals surface area contributed by atoms with Crippen molar-refractivity contribution in [2.45, 2.75) is 19.3 Å². The molecule has 0 aromatic heterocycles. The molecule has 0 spiro atoms. The van der Waals surface area contributed by atoms with Gasteiger partial charge in [0, 0.05) is 22.2 Å². The molecule has 1 aliphatic carbocycles. The number of rotatable bonds is 4. The Bertz CT molecular complexity index is 2780. The van der Waals surface area contributed by atoms with Crippen LogP contribution in [-0.4, -0.2) is 0 Å². The monoisotopic (exact) mass is 637 g/mol. The summed E-state index contributed by atoms with van der Waals surface area (Å²) in [7, 11) is 0. The smallest absolute Gasteiger partial charge is 0.0540 e. The molecule has 236 valence electrons. The Kier molecular flexibility index (Phi) is 6.29. The van der Waals surface area contributed by atoms with Crippen molar-refractivity contribution >= 4 is 60.2 Å². The summed E-state index contributed by atoms with van der Waals surface area (Å²) in [4.78, 5) is 2.46. The van der Waals surface area contributed by atoms with Gasteiger partial charge in [0.1, 0.15) is 0 Å². The van der Waals surface area contributed by atoms with Crippen molar-refractivity contribution in [1.29, 1.82) is 0 Å². The third-order valence-electron chi connectivity index (χ3n) is 11.1. The number of benzene rings is 9. The Morgan fingerprint density at radius 3 is 1.78 bits per heavy atom. The molecule has 9 aromatic rings. The zero-order valence-corrected chi connectivity index (χ0v) is 28.2. The second-order valence-electron chi connectivity index (χ2n) is 14.1. The van der Waals surface area contributed by atoms with Crippen molar-refractivity contribution in [2.24, 2.45) is 0 Å². The summed E-state index contributed by atoms with van der Waals surface area (Å²) >= 11 is 0. The lowest BCUT2D eigenvalue weighted by molar-refractivity contribution is 0.660. The molecule has 0 radical (unpaired) electrons. The van der Waals surface area contributed by atoms with Crippen molar-refractivity contribution < 1.29 is 0 Å². The summed E-state index contributed by atoms with van der Waals surface area (Å²) in [5.74, 6) is 0. The summed E-state index contributed by atoms with van der Waals surface area (Å²) in [6.45, 7) is 4.72. The van der Waals surface area contributed by atoms with Crippen LogP contribution in [0.15, 0.2) is 176 Å². The van der Waals surface area contributed by atoms with Gasteiger partial charge in [-0.15, -0.1) is 0 Å². The zero-order valence-electron chi connectivity index (χ0n) is 28.2. The molecule has 0 saturated carbocycles. The third-order valence-corrected chi connectivity index (χ3v) is 11.1. The van der Waals surface area contributed by atoms with E-state index in [0.717, 1.165) is 11.4 Å². The van der Waals surface area contributed by atoms with Crippen LogP contribution in [0, 0.1) is 0 Å². The highest BCUT2D eigenvalue weighted by molar-refractivity contribution is 6.19. The second-order valence-corrected chi connectivity index (χ2v) is 14.1. The molecular formula is C49H35N. The average Bonchev–Trinajstić information content (AvgIpc) is 3.40. The van der Waals surface area contributed by atoms with Crippen molar-refractivity contribution in [3.8, 4) is 22.3 Å². The van der Waals surface area contributed by atoms with Gasteiger partial charge in [0.05, 0.1) is 5.69 Å². The Morgan fingerprint density at radius 1 is 0.360 bits per heavy atom. The number of anilines is 3. The van der Waals surface area contributed by atoms with Crippen molar-refractivity contribution in [2.75, 3.05) is 4.90 Å². The minimum Gasteiger partial charge on any atom is -0.310 e. The van der Waals surface area contributed by atoms with Gasteiger partial charge >= 0.3 is 0 Å². The molecule has 1 nitrogen and oxygen atoms in total. The number of fused-ring (bicyclic) bond motifs is 9. The molecule has 0 heterocycles. The van der Waals surface area contributed by atoms with Gasteiger partial charge in [0.25, 0.3) is 0 Å². The van der Waals surface area contributed by atoms with E-state index < -0.39 is 0 Å². The van der Waals surface area contributed by atoms with E-state index in [1.54, 1.807) is 0 Å². The number of hydrogen-bond donors (Lipinski definition) is 0. The summed E-state index contributed by atoms with van der Waals surface area (Å²) in [6, 6.07) is 65.0. The quantitative estimate of drug-likeness (QED) is 0.174. The van der Waals surface area contributed by atoms with Crippen LogP contribution in [0.5, 0.6) is 0 Å².